The predicted octanol–water partition coefficient (Wildman–Crippen LogP) is 1.31. The number of aliphatic hydroxyl groups is 1. The lowest BCUT2D eigenvalue weighted by atomic mass is 9.83. The van der Waals surface area contributed by atoms with E-state index in [1.165, 1.54) is 31.4 Å². The van der Waals surface area contributed by atoms with Gasteiger partial charge in [-0.15, -0.1) is 0 Å². The van der Waals surface area contributed by atoms with Gasteiger partial charge in [0.1, 0.15) is 11.9 Å². The summed E-state index contributed by atoms with van der Waals surface area (Å²) >= 11 is 0. The highest BCUT2D eigenvalue weighted by Crippen LogP contribution is 2.26. The predicted molar refractivity (Wildman–Crippen MR) is 99.3 cm³/mol. The van der Waals surface area contributed by atoms with Crippen LogP contribution >= 0.6 is 0 Å². The van der Waals surface area contributed by atoms with Gasteiger partial charge in [0.15, 0.2) is 0 Å². The maximum absolute atomic E-state index is 13.1. The first kappa shape index (κ1) is 19.3. The number of carbonyl (C=O) groups is 1. The number of nitrogens with zero attached hydrogens (tertiary/aromatic N) is 1. The van der Waals surface area contributed by atoms with E-state index in [1.54, 1.807) is 12.1 Å². The van der Waals surface area contributed by atoms with Gasteiger partial charge in [0.05, 0.1) is 6.61 Å². The van der Waals surface area contributed by atoms with Crippen molar-refractivity contribution in [2.45, 2.75) is 50.2 Å². The van der Waals surface area contributed by atoms with Crippen LogP contribution in [0, 0.1) is 11.7 Å². The van der Waals surface area contributed by atoms with Gasteiger partial charge >= 0.3 is 0 Å². The molecule has 1 saturated carbocycles. The van der Waals surface area contributed by atoms with Crippen LogP contribution in [0.15, 0.2) is 24.3 Å². The molecule has 0 aromatic heterocycles. The van der Waals surface area contributed by atoms with E-state index >= 15 is 0 Å². The summed E-state index contributed by atoms with van der Waals surface area (Å²) in [7, 11) is 2.01. The summed E-state index contributed by atoms with van der Waals surface area (Å²) in [4.78, 5) is 14.6. The van der Waals surface area contributed by atoms with Crippen LogP contribution in [0.4, 0.5) is 4.39 Å². The summed E-state index contributed by atoms with van der Waals surface area (Å²) < 4.78 is 13.1. The first-order valence-electron chi connectivity index (χ1n) is 9.67. The molecule has 0 unspecified atom stereocenters. The van der Waals surface area contributed by atoms with Crippen LogP contribution in [0.2, 0.25) is 0 Å². The fraction of sp³-hybridized carbons (Fsp3) is 0.650. The number of benzene rings is 1. The highest BCUT2D eigenvalue weighted by Gasteiger charge is 2.36. The highest BCUT2D eigenvalue weighted by atomic mass is 19.1. The normalized spacial score (nSPS) is 30.2. The molecule has 1 amide bonds. The van der Waals surface area contributed by atoms with E-state index in [1.807, 2.05) is 7.05 Å². The first-order chi connectivity index (χ1) is 12.6. The molecule has 0 radical (unpaired) electrons. The molecule has 3 N–H and O–H groups in total. The molecule has 3 rings (SSSR count). The van der Waals surface area contributed by atoms with Crippen molar-refractivity contribution in [3.05, 3.63) is 35.6 Å². The van der Waals surface area contributed by atoms with Gasteiger partial charge in [0.2, 0.25) is 5.91 Å². The molecule has 1 aliphatic heterocycles. The van der Waals surface area contributed by atoms with Crippen LogP contribution < -0.4 is 10.6 Å². The highest BCUT2D eigenvalue weighted by molar-refractivity contribution is 5.83. The number of amides is 1. The van der Waals surface area contributed by atoms with Crippen molar-refractivity contribution in [1.82, 2.24) is 15.5 Å². The SMILES string of the molecule is CN[C@@H]1CCCC[C@H]1CN1C[C@H](Cc2ccc(F)cc2)NC(=O)[C@@H]1CO. The Hall–Kier alpha value is -1.50. The second kappa shape index (κ2) is 8.93. The number of rotatable bonds is 6. The van der Waals surface area contributed by atoms with E-state index in [0.29, 0.717) is 24.9 Å². The Balaban J connectivity index is 1.67. The Labute approximate surface area is 155 Å². The third-order valence-electron chi connectivity index (χ3n) is 5.86. The van der Waals surface area contributed by atoms with E-state index in [-0.39, 0.29) is 24.4 Å². The van der Waals surface area contributed by atoms with Crippen LogP contribution in [0.5, 0.6) is 0 Å². The monoisotopic (exact) mass is 363 g/mol. The molecule has 1 saturated heterocycles. The van der Waals surface area contributed by atoms with Crippen LogP contribution in [0.3, 0.4) is 0 Å². The van der Waals surface area contributed by atoms with Gasteiger partial charge < -0.3 is 15.7 Å². The van der Waals surface area contributed by atoms with E-state index in [0.717, 1.165) is 18.5 Å². The van der Waals surface area contributed by atoms with E-state index in [9.17, 15) is 14.3 Å². The number of carbonyl (C=O) groups excluding carboxylic acids is 1. The van der Waals surface area contributed by atoms with Crippen LogP contribution in [0.25, 0.3) is 0 Å². The van der Waals surface area contributed by atoms with Gasteiger partial charge in [0.25, 0.3) is 0 Å². The number of hydrogen-bond donors (Lipinski definition) is 3. The Kier molecular flexibility index (Phi) is 6.62. The molecule has 26 heavy (non-hydrogen) atoms. The maximum Gasteiger partial charge on any atom is 0.240 e. The van der Waals surface area contributed by atoms with Crippen molar-refractivity contribution in [2.75, 3.05) is 26.7 Å². The van der Waals surface area contributed by atoms with Crippen LogP contribution in [-0.2, 0) is 11.2 Å². The molecule has 1 aromatic rings. The fourth-order valence-corrected chi connectivity index (χ4v) is 4.45. The van der Waals surface area contributed by atoms with Crippen molar-refractivity contribution in [2.24, 2.45) is 5.92 Å². The maximum atomic E-state index is 13.1. The molecule has 1 aromatic carbocycles. The summed E-state index contributed by atoms with van der Waals surface area (Å²) in [6.45, 7) is 1.37. The minimum Gasteiger partial charge on any atom is -0.394 e. The average Bonchev–Trinajstić information content (AvgIpc) is 2.64. The summed E-state index contributed by atoms with van der Waals surface area (Å²) in [6.07, 6.45) is 5.47. The van der Waals surface area contributed by atoms with Crippen molar-refractivity contribution in [3.63, 3.8) is 0 Å². The average molecular weight is 363 g/mol. The van der Waals surface area contributed by atoms with E-state index in [2.05, 4.69) is 15.5 Å². The first-order valence-corrected chi connectivity index (χ1v) is 9.67. The Morgan fingerprint density at radius 3 is 2.69 bits per heavy atom. The second-order valence-corrected chi connectivity index (χ2v) is 7.63. The zero-order chi connectivity index (χ0) is 18.5. The van der Waals surface area contributed by atoms with Crippen molar-refractivity contribution in [1.29, 1.82) is 0 Å². The zero-order valence-electron chi connectivity index (χ0n) is 15.5. The largest absolute Gasteiger partial charge is 0.394 e. The topological polar surface area (TPSA) is 64.6 Å². The summed E-state index contributed by atoms with van der Waals surface area (Å²) in [5, 5.41) is 16.2. The summed E-state index contributed by atoms with van der Waals surface area (Å²) in [6, 6.07) is 6.42. The molecule has 2 aliphatic rings. The van der Waals surface area contributed by atoms with Gasteiger partial charge in [-0.1, -0.05) is 25.0 Å². The van der Waals surface area contributed by atoms with Crippen LogP contribution in [-0.4, -0.2) is 60.8 Å². The Morgan fingerprint density at radius 1 is 1.27 bits per heavy atom. The van der Waals surface area contributed by atoms with Crippen molar-refractivity contribution in [3.8, 4) is 0 Å². The Bertz CT molecular complexity index is 595. The van der Waals surface area contributed by atoms with Crippen molar-refractivity contribution < 1.29 is 14.3 Å². The quantitative estimate of drug-likeness (QED) is 0.713. The molecule has 1 heterocycles. The number of halogens is 1. The number of aliphatic hydroxyl groups excluding tert-OH is 1. The van der Waals surface area contributed by atoms with Gasteiger partial charge in [-0.2, -0.15) is 0 Å². The number of hydrogen-bond acceptors (Lipinski definition) is 4. The van der Waals surface area contributed by atoms with Gasteiger partial charge in [0, 0.05) is 25.2 Å². The third-order valence-corrected chi connectivity index (χ3v) is 5.86. The summed E-state index contributed by atoms with van der Waals surface area (Å²) in [5.74, 6) is 0.140. The van der Waals surface area contributed by atoms with Gasteiger partial charge in [-0.05, 0) is 49.9 Å². The molecule has 0 spiro atoms. The fourth-order valence-electron chi connectivity index (χ4n) is 4.45. The minimum atomic E-state index is -0.473. The summed E-state index contributed by atoms with van der Waals surface area (Å²) in [5.41, 5.74) is 1.00. The molecule has 0 bridgehead atoms. The zero-order valence-corrected chi connectivity index (χ0v) is 15.5. The van der Waals surface area contributed by atoms with E-state index in [4.69, 9.17) is 0 Å². The number of nitrogens with one attached hydrogen (secondary N) is 2. The molecule has 1 aliphatic carbocycles. The molecule has 6 heteroatoms. The lowest BCUT2D eigenvalue weighted by Gasteiger charge is -2.42. The second-order valence-electron chi connectivity index (χ2n) is 7.63. The number of piperazine rings is 1. The third kappa shape index (κ3) is 4.61. The minimum absolute atomic E-state index is 0.0209. The standard InChI is InChI=1S/C20H30FN3O2/c1-22-18-5-3-2-4-15(18)11-24-12-17(23-20(26)19(24)13-25)10-14-6-8-16(21)9-7-14/h6-9,15,17-19,22,25H,2-5,10-13H2,1H3,(H,23,26)/t15-,17-,18+,19-/m0/s1. The van der Waals surface area contributed by atoms with Crippen LogP contribution in [0.1, 0.15) is 31.2 Å². The molecule has 2 fully saturated rings. The van der Waals surface area contributed by atoms with Gasteiger partial charge in [-0.3, -0.25) is 9.69 Å². The van der Waals surface area contributed by atoms with Crippen molar-refractivity contribution >= 4 is 5.91 Å². The lowest BCUT2D eigenvalue weighted by molar-refractivity contribution is -0.133. The van der Waals surface area contributed by atoms with Gasteiger partial charge in [-0.25, -0.2) is 4.39 Å². The smallest absolute Gasteiger partial charge is 0.240 e. The van der Waals surface area contributed by atoms with E-state index < -0.39 is 6.04 Å². The molecule has 144 valence electrons. The molecule has 4 atom stereocenters. The lowest BCUT2D eigenvalue weighted by Crippen LogP contribution is -2.63. The molecular formula is C20H30FN3O2. The molecule has 5 nitrogen and oxygen atoms in total. The molecular weight excluding hydrogens is 333 g/mol. The Morgan fingerprint density at radius 2 is 2.00 bits per heavy atom.